The predicted octanol–water partition coefficient (Wildman–Crippen LogP) is 3.25. The molecule has 1 heterocycles. The van der Waals surface area contributed by atoms with E-state index in [2.05, 4.69) is 10.3 Å². The highest BCUT2D eigenvalue weighted by molar-refractivity contribution is 5.73. The minimum absolute atomic E-state index is 0.336. The second-order valence-electron chi connectivity index (χ2n) is 6.19. The van der Waals surface area contributed by atoms with Crippen LogP contribution < -0.4 is 10.1 Å². The number of carboxylic acid groups (broad SMARTS) is 1. The fourth-order valence-electron chi connectivity index (χ4n) is 2.33. The number of benzene rings is 1. The van der Waals surface area contributed by atoms with Gasteiger partial charge < -0.3 is 15.2 Å². The van der Waals surface area contributed by atoms with Crippen molar-refractivity contribution >= 4 is 5.97 Å². The molecule has 2 rings (SSSR count). The largest absolute Gasteiger partial charge is 0.489 e. The maximum atomic E-state index is 11.2. The molecule has 0 fully saturated rings. The molecule has 5 nitrogen and oxygen atoms in total. The van der Waals surface area contributed by atoms with Gasteiger partial charge in [0.05, 0.1) is 0 Å². The van der Waals surface area contributed by atoms with E-state index in [9.17, 15) is 9.90 Å². The Morgan fingerprint density at radius 3 is 2.38 bits per heavy atom. The first-order chi connectivity index (χ1) is 11.5. The molecular formula is C19H24N2O3. The van der Waals surface area contributed by atoms with Crippen molar-refractivity contribution in [3.05, 3.63) is 59.9 Å². The summed E-state index contributed by atoms with van der Waals surface area (Å²) < 4.78 is 5.72. The number of hydrogen-bond donors (Lipinski definition) is 2. The first kappa shape index (κ1) is 17.9. The Morgan fingerprint density at radius 1 is 1.12 bits per heavy atom. The highest BCUT2D eigenvalue weighted by Crippen LogP contribution is 2.14. The van der Waals surface area contributed by atoms with Crippen LogP contribution >= 0.6 is 0 Å². The van der Waals surface area contributed by atoms with Gasteiger partial charge in [-0.25, -0.2) is 0 Å². The van der Waals surface area contributed by atoms with E-state index in [-0.39, 0.29) is 0 Å². The summed E-state index contributed by atoms with van der Waals surface area (Å²) >= 11 is 0. The molecule has 0 unspecified atom stereocenters. The zero-order chi connectivity index (χ0) is 17.4. The van der Waals surface area contributed by atoms with Crippen LogP contribution in [0.3, 0.4) is 0 Å². The van der Waals surface area contributed by atoms with E-state index in [1.54, 1.807) is 12.4 Å². The van der Waals surface area contributed by atoms with Crippen molar-refractivity contribution in [2.24, 2.45) is 5.92 Å². The SMILES string of the molecule is CC(C)C[C@@H](NCc1ccc(OCc2ccncc2)cc1)C(=O)O. The monoisotopic (exact) mass is 328 g/mol. The number of hydrogen-bond acceptors (Lipinski definition) is 4. The van der Waals surface area contributed by atoms with Gasteiger partial charge >= 0.3 is 5.97 Å². The van der Waals surface area contributed by atoms with Crippen LogP contribution in [-0.4, -0.2) is 22.1 Å². The summed E-state index contributed by atoms with van der Waals surface area (Å²) in [5.41, 5.74) is 2.09. The van der Waals surface area contributed by atoms with Gasteiger partial charge in [0.15, 0.2) is 0 Å². The highest BCUT2D eigenvalue weighted by Gasteiger charge is 2.17. The molecule has 0 saturated heterocycles. The van der Waals surface area contributed by atoms with Crippen LogP contribution in [0.25, 0.3) is 0 Å². The van der Waals surface area contributed by atoms with Gasteiger partial charge in [0.25, 0.3) is 0 Å². The van der Waals surface area contributed by atoms with Gasteiger partial charge in [0, 0.05) is 18.9 Å². The molecule has 0 spiro atoms. The lowest BCUT2D eigenvalue weighted by molar-refractivity contribution is -0.140. The number of aromatic nitrogens is 1. The average Bonchev–Trinajstić information content (AvgIpc) is 2.58. The Kier molecular flexibility index (Phi) is 6.75. The van der Waals surface area contributed by atoms with Gasteiger partial charge in [-0.15, -0.1) is 0 Å². The smallest absolute Gasteiger partial charge is 0.320 e. The van der Waals surface area contributed by atoms with Gasteiger partial charge in [-0.05, 0) is 47.7 Å². The van der Waals surface area contributed by atoms with E-state index in [1.165, 1.54) is 0 Å². The zero-order valence-electron chi connectivity index (χ0n) is 14.1. The fraction of sp³-hybridized carbons (Fsp3) is 0.368. The lowest BCUT2D eigenvalue weighted by Crippen LogP contribution is -2.37. The van der Waals surface area contributed by atoms with E-state index in [1.807, 2.05) is 50.2 Å². The number of nitrogens with one attached hydrogen (secondary N) is 1. The zero-order valence-corrected chi connectivity index (χ0v) is 14.1. The Hall–Kier alpha value is -2.40. The molecule has 1 aromatic carbocycles. The van der Waals surface area contributed by atoms with Crippen LogP contribution in [0.5, 0.6) is 5.75 Å². The summed E-state index contributed by atoms with van der Waals surface area (Å²) in [7, 11) is 0. The predicted molar refractivity (Wildman–Crippen MR) is 92.7 cm³/mol. The summed E-state index contributed by atoms with van der Waals surface area (Å²) in [6.45, 7) is 5.06. The Labute approximate surface area is 142 Å². The van der Waals surface area contributed by atoms with Gasteiger partial charge in [-0.3, -0.25) is 9.78 Å². The minimum Gasteiger partial charge on any atom is -0.489 e. The molecular weight excluding hydrogens is 304 g/mol. The topological polar surface area (TPSA) is 71.5 Å². The van der Waals surface area contributed by atoms with Gasteiger partial charge in [-0.2, -0.15) is 0 Å². The maximum Gasteiger partial charge on any atom is 0.320 e. The summed E-state index contributed by atoms with van der Waals surface area (Å²) in [5, 5.41) is 12.3. The Morgan fingerprint density at radius 2 is 1.79 bits per heavy atom. The molecule has 0 aliphatic carbocycles. The number of carbonyl (C=O) groups is 1. The molecule has 1 aromatic heterocycles. The normalized spacial score (nSPS) is 12.1. The Balaban J connectivity index is 1.84. The molecule has 0 aliphatic rings. The molecule has 0 bridgehead atoms. The number of pyridine rings is 1. The van der Waals surface area contributed by atoms with Crippen molar-refractivity contribution in [2.75, 3.05) is 0 Å². The van der Waals surface area contributed by atoms with E-state index < -0.39 is 12.0 Å². The van der Waals surface area contributed by atoms with E-state index >= 15 is 0 Å². The van der Waals surface area contributed by atoms with Crippen molar-refractivity contribution in [1.29, 1.82) is 0 Å². The fourth-order valence-corrected chi connectivity index (χ4v) is 2.33. The highest BCUT2D eigenvalue weighted by atomic mass is 16.5. The van der Waals surface area contributed by atoms with E-state index in [0.717, 1.165) is 16.9 Å². The molecule has 0 amide bonds. The molecule has 5 heteroatoms. The van der Waals surface area contributed by atoms with Crippen LogP contribution in [0.1, 0.15) is 31.4 Å². The molecule has 0 aliphatic heterocycles. The van der Waals surface area contributed by atoms with E-state index in [0.29, 0.717) is 25.5 Å². The first-order valence-corrected chi connectivity index (χ1v) is 8.11. The number of nitrogens with zero attached hydrogens (tertiary/aromatic N) is 1. The molecule has 2 aromatic rings. The third kappa shape index (κ3) is 6.01. The third-order valence-corrected chi connectivity index (χ3v) is 3.64. The summed E-state index contributed by atoms with van der Waals surface area (Å²) in [6, 6.07) is 11.0. The summed E-state index contributed by atoms with van der Waals surface area (Å²) in [6.07, 6.45) is 4.09. The standard InChI is InChI=1S/C19H24N2O3/c1-14(2)11-18(19(22)23)21-12-15-3-5-17(6-4-15)24-13-16-7-9-20-10-8-16/h3-10,14,18,21H,11-13H2,1-2H3,(H,22,23)/t18-/m1/s1. The molecule has 2 N–H and O–H groups in total. The van der Waals surface area contributed by atoms with Crippen LogP contribution in [0.2, 0.25) is 0 Å². The quantitative estimate of drug-likeness (QED) is 0.739. The average molecular weight is 328 g/mol. The molecule has 0 saturated carbocycles. The van der Waals surface area contributed by atoms with Crippen molar-refractivity contribution < 1.29 is 14.6 Å². The van der Waals surface area contributed by atoms with Crippen molar-refractivity contribution in [1.82, 2.24) is 10.3 Å². The second-order valence-corrected chi connectivity index (χ2v) is 6.19. The molecule has 24 heavy (non-hydrogen) atoms. The lowest BCUT2D eigenvalue weighted by Gasteiger charge is -2.16. The molecule has 1 atom stereocenters. The third-order valence-electron chi connectivity index (χ3n) is 3.64. The molecule has 128 valence electrons. The second kappa shape index (κ2) is 9.03. The maximum absolute atomic E-state index is 11.2. The number of aliphatic carboxylic acids is 1. The van der Waals surface area contributed by atoms with Gasteiger partial charge in [-0.1, -0.05) is 26.0 Å². The van der Waals surface area contributed by atoms with E-state index in [4.69, 9.17) is 4.74 Å². The van der Waals surface area contributed by atoms with Crippen molar-refractivity contribution in [2.45, 2.75) is 39.5 Å². The van der Waals surface area contributed by atoms with Crippen LogP contribution in [-0.2, 0) is 17.9 Å². The van der Waals surface area contributed by atoms with Gasteiger partial charge in [0.2, 0.25) is 0 Å². The summed E-state index contributed by atoms with van der Waals surface area (Å²) in [5.74, 6) is 0.316. The number of carboxylic acids is 1. The van der Waals surface area contributed by atoms with Crippen molar-refractivity contribution in [3.63, 3.8) is 0 Å². The number of rotatable bonds is 9. The number of ether oxygens (including phenoxy) is 1. The van der Waals surface area contributed by atoms with Gasteiger partial charge in [0.1, 0.15) is 18.4 Å². The summed E-state index contributed by atoms with van der Waals surface area (Å²) in [4.78, 5) is 15.2. The van der Waals surface area contributed by atoms with Crippen LogP contribution in [0.15, 0.2) is 48.8 Å². The molecule has 0 radical (unpaired) electrons. The first-order valence-electron chi connectivity index (χ1n) is 8.11. The van der Waals surface area contributed by atoms with Crippen molar-refractivity contribution in [3.8, 4) is 5.75 Å². The minimum atomic E-state index is -0.805. The van der Waals surface area contributed by atoms with Crippen LogP contribution in [0.4, 0.5) is 0 Å². The van der Waals surface area contributed by atoms with Crippen LogP contribution in [0, 0.1) is 5.92 Å². The Bertz CT molecular complexity index is 627. The lowest BCUT2D eigenvalue weighted by atomic mass is 10.0.